The van der Waals surface area contributed by atoms with Gasteiger partial charge in [-0.2, -0.15) is 13.2 Å². The minimum atomic E-state index is -4.47. The molecule has 0 aliphatic carbocycles. The number of benzene rings is 2. The van der Waals surface area contributed by atoms with Gasteiger partial charge in [0.05, 0.1) is 21.3 Å². The number of halogens is 4. The monoisotopic (exact) mass is 388 g/mol. The molecule has 2 aromatic rings. The summed E-state index contributed by atoms with van der Waals surface area (Å²) in [6.07, 6.45) is -4.47. The van der Waals surface area contributed by atoms with Gasteiger partial charge in [0.2, 0.25) is 0 Å². The Morgan fingerprint density at radius 3 is 2.57 bits per heavy atom. The van der Waals surface area contributed by atoms with Crippen LogP contribution in [-0.4, -0.2) is 11.0 Å². The average molecular weight is 389 g/mol. The highest BCUT2D eigenvalue weighted by Gasteiger charge is 2.30. The summed E-state index contributed by atoms with van der Waals surface area (Å²) < 4.78 is 38.2. The van der Waals surface area contributed by atoms with Crippen LogP contribution in [0.5, 0.6) is 5.75 Å². The molecule has 0 heterocycles. The maximum absolute atomic E-state index is 12.6. The first-order chi connectivity index (χ1) is 10.7. The van der Waals surface area contributed by atoms with Crippen molar-refractivity contribution in [1.82, 2.24) is 5.43 Å². The molecule has 0 bridgehead atoms. The fraction of sp³-hybridized carbons (Fsp3) is 0.133. The molecule has 0 atom stereocenters. The Bertz CT molecular complexity index is 748. The zero-order valence-corrected chi connectivity index (χ0v) is 13.4. The topological polar surface area (TPSA) is 61.4 Å². The third kappa shape index (κ3) is 4.16. The summed E-state index contributed by atoms with van der Waals surface area (Å²) in [6.45, 7) is 1.74. The smallest absolute Gasteiger partial charge is 0.416 e. The van der Waals surface area contributed by atoms with Crippen LogP contribution in [0.1, 0.15) is 21.5 Å². The van der Waals surface area contributed by atoms with Crippen LogP contribution in [0, 0.1) is 6.92 Å². The van der Waals surface area contributed by atoms with E-state index >= 15 is 0 Å². The van der Waals surface area contributed by atoms with Crippen molar-refractivity contribution in [1.29, 1.82) is 0 Å². The van der Waals surface area contributed by atoms with Gasteiger partial charge in [0, 0.05) is 0 Å². The summed E-state index contributed by atoms with van der Waals surface area (Å²) in [4.78, 5) is 12.0. The molecule has 3 N–H and O–H groups in total. The van der Waals surface area contributed by atoms with Crippen LogP contribution in [0.15, 0.2) is 40.9 Å². The number of anilines is 1. The molecular weight excluding hydrogens is 377 g/mol. The number of carbonyl (C=O) groups is 1. The molecule has 0 saturated heterocycles. The van der Waals surface area contributed by atoms with Crippen molar-refractivity contribution >= 4 is 27.5 Å². The third-order valence-electron chi connectivity index (χ3n) is 2.96. The second-order valence-corrected chi connectivity index (χ2v) is 5.65. The van der Waals surface area contributed by atoms with Crippen molar-refractivity contribution in [3.8, 4) is 5.75 Å². The van der Waals surface area contributed by atoms with E-state index in [1.807, 2.05) is 0 Å². The molecule has 122 valence electrons. The molecule has 0 aromatic heterocycles. The number of aryl methyl sites for hydroxylation is 1. The van der Waals surface area contributed by atoms with Crippen LogP contribution in [0.25, 0.3) is 0 Å². The van der Waals surface area contributed by atoms with Gasteiger partial charge < -0.3 is 5.11 Å². The molecule has 0 fully saturated rings. The van der Waals surface area contributed by atoms with Gasteiger partial charge in [-0.1, -0.05) is 6.07 Å². The van der Waals surface area contributed by atoms with Crippen LogP contribution in [0.2, 0.25) is 0 Å². The van der Waals surface area contributed by atoms with E-state index in [9.17, 15) is 23.1 Å². The van der Waals surface area contributed by atoms with Crippen LogP contribution in [0.3, 0.4) is 0 Å². The summed E-state index contributed by atoms with van der Waals surface area (Å²) in [5.41, 5.74) is 4.61. The van der Waals surface area contributed by atoms with Crippen molar-refractivity contribution in [2.45, 2.75) is 13.1 Å². The summed E-state index contributed by atoms with van der Waals surface area (Å²) in [7, 11) is 0. The van der Waals surface area contributed by atoms with E-state index < -0.39 is 17.6 Å². The van der Waals surface area contributed by atoms with Crippen molar-refractivity contribution in [3.05, 3.63) is 57.6 Å². The van der Waals surface area contributed by atoms with Gasteiger partial charge in [-0.05, 0) is 58.7 Å². The number of rotatable bonds is 3. The zero-order chi connectivity index (χ0) is 17.2. The maximum atomic E-state index is 12.6. The Kier molecular flexibility index (Phi) is 4.84. The molecule has 23 heavy (non-hydrogen) atoms. The number of nitrogens with one attached hydrogen (secondary N) is 2. The van der Waals surface area contributed by atoms with Crippen molar-refractivity contribution in [2.24, 2.45) is 0 Å². The van der Waals surface area contributed by atoms with Gasteiger partial charge in [0.15, 0.2) is 0 Å². The lowest BCUT2D eigenvalue weighted by Gasteiger charge is -2.13. The highest BCUT2D eigenvalue weighted by Crippen LogP contribution is 2.31. The van der Waals surface area contributed by atoms with Crippen LogP contribution >= 0.6 is 15.9 Å². The molecule has 8 heteroatoms. The SMILES string of the molecule is Cc1cc(Br)c(O)c(C(=O)NNc2cccc(C(F)(F)F)c2)c1. The predicted octanol–water partition coefficient (Wildman–Crippen LogP) is 4.24. The Morgan fingerprint density at radius 1 is 1.22 bits per heavy atom. The lowest BCUT2D eigenvalue weighted by molar-refractivity contribution is -0.137. The fourth-order valence-electron chi connectivity index (χ4n) is 1.88. The molecule has 0 radical (unpaired) electrons. The first-order valence-corrected chi connectivity index (χ1v) is 7.20. The number of alkyl halides is 3. The molecular formula is C15H12BrF3N2O2. The van der Waals surface area contributed by atoms with Gasteiger partial charge in [0.25, 0.3) is 5.91 Å². The van der Waals surface area contributed by atoms with E-state index in [2.05, 4.69) is 26.8 Å². The zero-order valence-electron chi connectivity index (χ0n) is 11.8. The maximum Gasteiger partial charge on any atom is 0.416 e. The number of carbonyl (C=O) groups excluding carboxylic acids is 1. The van der Waals surface area contributed by atoms with E-state index in [0.29, 0.717) is 4.47 Å². The summed E-state index contributed by atoms with van der Waals surface area (Å²) in [6, 6.07) is 7.48. The number of aromatic hydroxyl groups is 1. The molecule has 0 aliphatic heterocycles. The Balaban J connectivity index is 2.14. The molecule has 2 rings (SSSR count). The summed E-state index contributed by atoms with van der Waals surface area (Å²) in [5.74, 6) is -0.928. The van der Waals surface area contributed by atoms with Crippen LogP contribution < -0.4 is 10.9 Å². The Labute approximate surface area is 138 Å². The largest absolute Gasteiger partial charge is 0.506 e. The normalized spacial score (nSPS) is 11.2. The molecule has 0 spiro atoms. The van der Waals surface area contributed by atoms with Gasteiger partial charge in [-0.3, -0.25) is 15.6 Å². The highest BCUT2D eigenvalue weighted by atomic mass is 79.9. The standard InChI is InChI=1S/C15H12BrF3N2O2/c1-8-5-11(13(22)12(16)6-8)14(23)21-20-10-4-2-3-9(7-10)15(17,18)19/h2-7,20,22H,1H3,(H,21,23). The molecule has 0 aliphatic rings. The van der Waals surface area contributed by atoms with E-state index in [1.54, 1.807) is 13.0 Å². The van der Waals surface area contributed by atoms with E-state index in [0.717, 1.165) is 17.7 Å². The van der Waals surface area contributed by atoms with Gasteiger partial charge in [-0.15, -0.1) is 0 Å². The summed E-state index contributed by atoms with van der Waals surface area (Å²) in [5, 5.41) is 9.86. The average Bonchev–Trinajstić information content (AvgIpc) is 2.48. The quantitative estimate of drug-likeness (QED) is 0.689. The lowest BCUT2D eigenvalue weighted by Crippen LogP contribution is -2.29. The van der Waals surface area contributed by atoms with Crippen molar-refractivity contribution < 1.29 is 23.1 Å². The number of hydrogen-bond acceptors (Lipinski definition) is 3. The molecule has 1 amide bonds. The Hall–Kier alpha value is -2.22. The Morgan fingerprint density at radius 2 is 1.91 bits per heavy atom. The lowest BCUT2D eigenvalue weighted by atomic mass is 10.1. The van der Waals surface area contributed by atoms with Crippen molar-refractivity contribution in [2.75, 3.05) is 5.43 Å². The van der Waals surface area contributed by atoms with E-state index in [-0.39, 0.29) is 17.0 Å². The number of amides is 1. The van der Waals surface area contributed by atoms with E-state index in [4.69, 9.17) is 0 Å². The first kappa shape index (κ1) is 17.1. The first-order valence-electron chi connectivity index (χ1n) is 6.41. The molecule has 0 saturated carbocycles. The number of phenols is 1. The number of hydrazine groups is 1. The molecule has 0 unspecified atom stereocenters. The van der Waals surface area contributed by atoms with Crippen LogP contribution in [-0.2, 0) is 6.18 Å². The minimum absolute atomic E-state index is 0.00338. The third-order valence-corrected chi connectivity index (χ3v) is 3.57. The number of hydrogen-bond donors (Lipinski definition) is 3. The van der Waals surface area contributed by atoms with Crippen LogP contribution in [0.4, 0.5) is 18.9 Å². The molecule has 4 nitrogen and oxygen atoms in total. The second kappa shape index (κ2) is 6.49. The van der Waals surface area contributed by atoms with Gasteiger partial charge in [0.1, 0.15) is 5.75 Å². The van der Waals surface area contributed by atoms with Crippen molar-refractivity contribution in [3.63, 3.8) is 0 Å². The minimum Gasteiger partial charge on any atom is -0.506 e. The van der Waals surface area contributed by atoms with Gasteiger partial charge in [-0.25, -0.2) is 0 Å². The summed E-state index contributed by atoms with van der Waals surface area (Å²) >= 11 is 3.12. The second-order valence-electron chi connectivity index (χ2n) is 4.80. The molecule has 2 aromatic carbocycles. The highest BCUT2D eigenvalue weighted by molar-refractivity contribution is 9.10. The number of phenolic OH excluding ortho intramolecular Hbond substituents is 1. The predicted molar refractivity (Wildman–Crippen MR) is 83.1 cm³/mol. The van der Waals surface area contributed by atoms with E-state index in [1.165, 1.54) is 18.2 Å². The van der Waals surface area contributed by atoms with Gasteiger partial charge >= 0.3 is 6.18 Å². The fourth-order valence-corrected chi connectivity index (χ4v) is 2.45.